The highest BCUT2D eigenvalue weighted by Crippen LogP contribution is 2.45. The predicted octanol–water partition coefficient (Wildman–Crippen LogP) is 13.9. The second kappa shape index (κ2) is 10.4. The Labute approximate surface area is 287 Å². The van der Waals surface area contributed by atoms with Crippen molar-refractivity contribution in [2.45, 2.75) is 0 Å². The Morgan fingerprint density at radius 1 is 0.260 bits per heavy atom. The van der Waals surface area contributed by atoms with E-state index < -0.39 is 0 Å². The molecule has 0 atom stereocenters. The van der Waals surface area contributed by atoms with Crippen LogP contribution in [0.4, 0.5) is 0 Å². The third kappa shape index (κ3) is 3.90. The van der Waals surface area contributed by atoms with Crippen molar-refractivity contribution in [2.75, 3.05) is 0 Å². The molecule has 2 heterocycles. The first-order valence-corrected chi connectivity index (χ1v) is 17.1. The van der Waals surface area contributed by atoms with E-state index in [0.29, 0.717) is 0 Å². The Bertz CT molecular complexity index is 3080. The maximum Gasteiger partial charge on any atom is 0.143 e. The van der Waals surface area contributed by atoms with Crippen molar-refractivity contribution < 1.29 is 8.83 Å². The zero-order valence-corrected chi connectivity index (χ0v) is 27.0. The van der Waals surface area contributed by atoms with Gasteiger partial charge < -0.3 is 8.83 Å². The number of fused-ring (bicyclic) bond motifs is 10. The molecule has 2 nitrogen and oxygen atoms in total. The highest BCUT2D eigenvalue weighted by atomic mass is 16.3. The maximum atomic E-state index is 6.70. The van der Waals surface area contributed by atoms with Gasteiger partial charge in [-0.25, -0.2) is 0 Å². The summed E-state index contributed by atoms with van der Waals surface area (Å²) >= 11 is 0. The molecule has 11 aromatic rings. The smallest absolute Gasteiger partial charge is 0.143 e. The molecule has 0 amide bonds. The summed E-state index contributed by atoms with van der Waals surface area (Å²) in [5.41, 5.74) is 10.8. The van der Waals surface area contributed by atoms with Crippen LogP contribution in [0, 0.1) is 0 Å². The minimum absolute atomic E-state index is 0.880. The Kier molecular flexibility index (Phi) is 5.70. The van der Waals surface area contributed by atoms with E-state index in [1.807, 2.05) is 12.1 Å². The van der Waals surface area contributed by atoms with Crippen molar-refractivity contribution in [2.24, 2.45) is 0 Å². The summed E-state index contributed by atoms with van der Waals surface area (Å²) in [4.78, 5) is 0. The molecule has 232 valence electrons. The molecule has 11 rings (SSSR count). The first-order valence-electron chi connectivity index (χ1n) is 17.1. The number of hydrogen-bond acceptors (Lipinski definition) is 2. The lowest BCUT2D eigenvalue weighted by Gasteiger charge is -2.17. The molecule has 0 aliphatic carbocycles. The van der Waals surface area contributed by atoms with Crippen LogP contribution in [0.2, 0.25) is 0 Å². The highest BCUT2D eigenvalue weighted by Gasteiger charge is 2.18. The number of benzene rings is 9. The van der Waals surface area contributed by atoms with Crippen LogP contribution in [0.5, 0.6) is 0 Å². The van der Waals surface area contributed by atoms with Crippen LogP contribution in [-0.4, -0.2) is 0 Å². The highest BCUT2D eigenvalue weighted by molar-refractivity contribution is 6.22. The van der Waals surface area contributed by atoms with Crippen molar-refractivity contribution in [1.29, 1.82) is 0 Å². The molecular formula is C48H28O2. The number of para-hydroxylation sites is 1. The molecule has 0 radical (unpaired) electrons. The lowest BCUT2D eigenvalue weighted by atomic mass is 9.86. The van der Waals surface area contributed by atoms with Crippen LogP contribution in [0.1, 0.15) is 0 Å². The number of furan rings is 2. The van der Waals surface area contributed by atoms with Crippen LogP contribution in [-0.2, 0) is 0 Å². The molecule has 0 spiro atoms. The molecule has 0 aliphatic rings. The Balaban J connectivity index is 1.09. The molecule has 0 fully saturated rings. The van der Waals surface area contributed by atoms with Crippen LogP contribution < -0.4 is 0 Å². The van der Waals surface area contributed by atoms with Gasteiger partial charge in [-0.05, 0) is 96.7 Å². The zero-order valence-electron chi connectivity index (χ0n) is 27.0. The van der Waals surface area contributed by atoms with Gasteiger partial charge in [-0.1, -0.05) is 133 Å². The van der Waals surface area contributed by atoms with Crippen molar-refractivity contribution in [3.05, 3.63) is 170 Å². The summed E-state index contributed by atoms with van der Waals surface area (Å²) in [7, 11) is 0. The molecule has 0 unspecified atom stereocenters. The Hall–Kier alpha value is -6.64. The summed E-state index contributed by atoms with van der Waals surface area (Å²) in [5, 5.41) is 11.8. The average molecular weight is 637 g/mol. The van der Waals surface area contributed by atoms with Gasteiger partial charge in [0.2, 0.25) is 0 Å². The fraction of sp³-hybridized carbons (Fsp3) is 0. The van der Waals surface area contributed by atoms with E-state index in [1.165, 1.54) is 38.2 Å². The van der Waals surface area contributed by atoms with Gasteiger partial charge in [0.15, 0.2) is 0 Å². The van der Waals surface area contributed by atoms with Gasteiger partial charge in [-0.15, -0.1) is 0 Å². The fourth-order valence-corrected chi connectivity index (χ4v) is 8.25. The number of hydrogen-bond donors (Lipinski definition) is 0. The molecule has 2 aromatic heterocycles. The molecule has 2 heteroatoms. The average Bonchev–Trinajstić information content (AvgIpc) is 3.75. The third-order valence-corrected chi connectivity index (χ3v) is 10.5. The van der Waals surface area contributed by atoms with Crippen LogP contribution in [0.25, 0.3) is 110 Å². The van der Waals surface area contributed by atoms with Crippen molar-refractivity contribution in [3.63, 3.8) is 0 Å². The predicted molar refractivity (Wildman–Crippen MR) is 210 cm³/mol. The monoisotopic (exact) mass is 636 g/mol. The second-order valence-corrected chi connectivity index (χ2v) is 13.2. The van der Waals surface area contributed by atoms with Crippen LogP contribution in [0.3, 0.4) is 0 Å². The van der Waals surface area contributed by atoms with E-state index >= 15 is 0 Å². The van der Waals surface area contributed by atoms with E-state index in [0.717, 1.165) is 71.3 Å². The van der Waals surface area contributed by atoms with Gasteiger partial charge in [0.25, 0.3) is 0 Å². The lowest BCUT2D eigenvalue weighted by molar-refractivity contribution is 0.669. The summed E-state index contributed by atoms with van der Waals surface area (Å²) in [6.07, 6.45) is 0. The van der Waals surface area contributed by atoms with Gasteiger partial charge in [0, 0.05) is 26.9 Å². The standard InChI is InChI=1S/C48H28O2/c1-2-11-29(12-3-1)46-37-14-4-6-16-39(37)47(40-17-7-5-15-38(40)46)31-22-24-36-35-23-21-30(27-44(35)49-45(36)28-31)32-18-10-19-41-33(32)25-26-42-34-13-8-9-20-43(34)50-48(41)42/h1-28H. The van der Waals surface area contributed by atoms with Gasteiger partial charge in [0.1, 0.15) is 22.3 Å². The van der Waals surface area contributed by atoms with Crippen LogP contribution >= 0.6 is 0 Å². The maximum absolute atomic E-state index is 6.70. The molecule has 0 saturated heterocycles. The molecule has 9 aromatic carbocycles. The van der Waals surface area contributed by atoms with Crippen molar-refractivity contribution >= 4 is 76.2 Å². The third-order valence-electron chi connectivity index (χ3n) is 10.5. The SMILES string of the molecule is c1ccc(-c2c3ccccc3c(-c3ccc4c(c3)oc3cc(-c5cccc6c5ccc5c7ccccc7oc65)ccc34)c3ccccc23)cc1. The first kappa shape index (κ1) is 27.3. The Morgan fingerprint density at radius 3 is 1.44 bits per heavy atom. The molecule has 0 N–H and O–H groups in total. The molecular weight excluding hydrogens is 609 g/mol. The van der Waals surface area contributed by atoms with Crippen molar-refractivity contribution in [3.8, 4) is 33.4 Å². The van der Waals surface area contributed by atoms with Crippen molar-refractivity contribution in [1.82, 2.24) is 0 Å². The molecule has 0 saturated carbocycles. The first-order chi connectivity index (χ1) is 24.8. The largest absolute Gasteiger partial charge is 0.456 e. The number of rotatable bonds is 3. The summed E-state index contributed by atoms with van der Waals surface area (Å²) in [6.45, 7) is 0. The van der Waals surface area contributed by atoms with E-state index in [9.17, 15) is 0 Å². The normalized spacial score (nSPS) is 12.0. The van der Waals surface area contributed by atoms with E-state index in [-0.39, 0.29) is 0 Å². The summed E-state index contributed by atoms with van der Waals surface area (Å²) < 4.78 is 13.1. The fourth-order valence-electron chi connectivity index (χ4n) is 8.25. The topological polar surface area (TPSA) is 26.3 Å². The minimum Gasteiger partial charge on any atom is -0.456 e. The Morgan fingerprint density at radius 2 is 0.740 bits per heavy atom. The van der Waals surface area contributed by atoms with Gasteiger partial charge in [-0.3, -0.25) is 0 Å². The summed E-state index contributed by atoms with van der Waals surface area (Å²) in [5.74, 6) is 0. The summed E-state index contributed by atoms with van der Waals surface area (Å²) in [6, 6.07) is 60.7. The zero-order chi connectivity index (χ0) is 32.8. The molecule has 0 bridgehead atoms. The lowest BCUT2D eigenvalue weighted by Crippen LogP contribution is -1.90. The van der Waals surface area contributed by atoms with Gasteiger partial charge >= 0.3 is 0 Å². The molecule has 50 heavy (non-hydrogen) atoms. The van der Waals surface area contributed by atoms with Crippen LogP contribution in [0.15, 0.2) is 179 Å². The molecule has 0 aliphatic heterocycles. The van der Waals surface area contributed by atoms with E-state index in [4.69, 9.17) is 8.83 Å². The second-order valence-electron chi connectivity index (χ2n) is 13.2. The quantitative estimate of drug-likeness (QED) is 0.180. The van der Waals surface area contributed by atoms with E-state index in [2.05, 4.69) is 158 Å². The van der Waals surface area contributed by atoms with Gasteiger partial charge in [0.05, 0.1) is 0 Å². The van der Waals surface area contributed by atoms with E-state index in [1.54, 1.807) is 0 Å². The minimum atomic E-state index is 0.880. The van der Waals surface area contributed by atoms with Gasteiger partial charge in [-0.2, -0.15) is 0 Å².